The number of hydrogen-bond acceptors (Lipinski definition) is 5. The molecule has 0 spiro atoms. The molecule has 0 unspecified atom stereocenters. The number of nitrogens with zero attached hydrogens (tertiary/aromatic N) is 3. The zero-order valence-corrected chi connectivity index (χ0v) is 11.5. The Bertz CT molecular complexity index is 564. The molecule has 20 heavy (non-hydrogen) atoms. The molecule has 104 valence electrons. The molecule has 0 atom stereocenters. The van der Waals surface area contributed by atoms with Crippen LogP contribution in [0.1, 0.15) is 25.7 Å². The summed E-state index contributed by atoms with van der Waals surface area (Å²) in [7, 11) is 0. The monoisotopic (exact) mass is 269 g/mol. The molecule has 4 rings (SSSR count). The summed E-state index contributed by atoms with van der Waals surface area (Å²) >= 11 is 0. The summed E-state index contributed by atoms with van der Waals surface area (Å²) < 4.78 is 0. The van der Waals surface area contributed by atoms with Crippen LogP contribution in [0, 0.1) is 11.8 Å². The van der Waals surface area contributed by atoms with E-state index in [1.165, 1.54) is 25.7 Å². The van der Waals surface area contributed by atoms with E-state index in [0.717, 1.165) is 42.1 Å². The van der Waals surface area contributed by atoms with Crippen LogP contribution in [0.2, 0.25) is 0 Å². The van der Waals surface area contributed by atoms with Crippen molar-refractivity contribution in [2.24, 2.45) is 11.8 Å². The molecule has 2 N–H and O–H groups in total. The zero-order chi connectivity index (χ0) is 13.4. The molecule has 0 bridgehead atoms. The van der Waals surface area contributed by atoms with Crippen LogP contribution in [0.15, 0.2) is 18.3 Å². The smallest absolute Gasteiger partial charge is 0.180 e. The Kier molecular flexibility index (Phi) is 2.90. The standard InChI is InChI=1S/C15H19N5/c1-2-12-13(16-7-1)20-15(18-9-11-5-6-11)14(19-12)17-8-10-3-4-10/h1-2,7,10-11H,3-6,8-9H2,(H,17,19)(H,16,18,20). The molecular weight excluding hydrogens is 250 g/mol. The molecule has 2 aliphatic rings. The lowest BCUT2D eigenvalue weighted by Crippen LogP contribution is -2.12. The van der Waals surface area contributed by atoms with Gasteiger partial charge in [-0.05, 0) is 49.7 Å². The van der Waals surface area contributed by atoms with Crippen LogP contribution in [0.4, 0.5) is 11.6 Å². The summed E-state index contributed by atoms with van der Waals surface area (Å²) in [6.07, 6.45) is 7.09. The quantitative estimate of drug-likeness (QED) is 0.844. The van der Waals surface area contributed by atoms with E-state index in [0.29, 0.717) is 5.65 Å². The molecule has 0 saturated heterocycles. The van der Waals surface area contributed by atoms with Crippen molar-refractivity contribution in [3.63, 3.8) is 0 Å². The van der Waals surface area contributed by atoms with E-state index in [-0.39, 0.29) is 0 Å². The van der Waals surface area contributed by atoms with Gasteiger partial charge in [-0.3, -0.25) is 0 Å². The lowest BCUT2D eigenvalue weighted by atomic mass is 10.3. The zero-order valence-electron chi connectivity index (χ0n) is 11.5. The SMILES string of the molecule is c1cnc2nc(NCC3CC3)c(NCC3CC3)nc2c1. The molecule has 5 heteroatoms. The van der Waals surface area contributed by atoms with Crippen molar-refractivity contribution in [2.45, 2.75) is 25.7 Å². The van der Waals surface area contributed by atoms with Crippen LogP contribution in [0.25, 0.3) is 11.2 Å². The number of aromatic nitrogens is 3. The van der Waals surface area contributed by atoms with Crippen molar-refractivity contribution < 1.29 is 0 Å². The molecule has 2 aromatic rings. The van der Waals surface area contributed by atoms with Gasteiger partial charge in [0.05, 0.1) is 0 Å². The van der Waals surface area contributed by atoms with Gasteiger partial charge in [0.2, 0.25) is 0 Å². The Labute approximate surface area is 118 Å². The third kappa shape index (κ3) is 2.66. The van der Waals surface area contributed by atoms with Gasteiger partial charge in [0.15, 0.2) is 17.3 Å². The number of pyridine rings is 1. The number of nitrogens with one attached hydrogen (secondary N) is 2. The molecule has 2 heterocycles. The van der Waals surface area contributed by atoms with E-state index in [1.807, 2.05) is 12.1 Å². The summed E-state index contributed by atoms with van der Waals surface area (Å²) in [5, 5.41) is 6.88. The maximum Gasteiger partial charge on any atom is 0.180 e. The van der Waals surface area contributed by atoms with Gasteiger partial charge in [0.1, 0.15) is 5.52 Å². The topological polar surface area (TPSA) is 62.7 Å². The minimum absolute atomic E-state index is 0.711. The molecule has 2 aliphatic carbocycles. The van der Waals surface area contributed by atoms with Crippen LogP contribution in [-0.2, 0) is 0 Å². The first-order chi connectivity index (χ1) is 9.88. The van der Waals surface area contributed by atoms with Gasteiger partial charge in [-0.2, -0.15) is 0 Å². The Hall–Kier alpha value is -1.91. The molecule has 0 aromatic carbocycles. The van der Waals surface area contributed by atoms with E-state index in [2.05, 4.69) is 25.6 Å². The highest BCUT2D eigenvalue weighted by Crippen LogP contribution is 2.31. The fourth-order valence-corrected chi connectivity index (χ4v) is 2.27. The van der Waals surface area contributed by atoms with Crippen LogP contribution >= 0.6 is 0 Å². The number of rotatable bonds is 6. The normalized spacial score (nSPS) is 18.2. The highest BCUT2D eigenvalue weighted by molar-refractivity contribution is 5.76. The summed E-state index contributed by atoms with van der Waals surface area (Å²) in [4.78, 5) is 13.6. The fourth-order valence-electron chi connectivity index (χ4n) is 2.27. The summed E-state index contributed by atoms with van der Waals surface area (Å²) in [6.45, 7) is 1.99. The van der Waals surface area contributed by atoms with E-state index < -0.39 is 0 Å². The van der Waals surface area contributed by atoms with Crippen molar-refractivity contribution in [2.75, 3.05) is 23.7 Å². The number of fused-ring (bicyclic) bond motifs is 1. The molecule has 5 nitrogen and oxygen atoms in total. The number of anilines is 2. The summed E-state index contributed by atoms with van der Waals surface area (Å²) in [6, 6.07) is 3.86. The minimum atomic E-state index is 0.711. The molecule has 0 amide bonds. The van der Waals surface area contributed by atoms with E-state index >= 15 is 0 Å². The van der Waals surface area contributed by atoms with Crippen LogP contribution in [0.3, 0.4) is 0 Å². The second-order valence-electron chi connectivity index (χ2n) is 5.92. The average molecular weight is 269 g/mol. The minimum Gasteiger partial charge on any atom is -0.367 e. The van der Waals surface area contributed by atoms with Crippen LogP contribution < -0.4 is 10.6 Å². The Morgan fingerprint density at radius 2 is 1.60 bits per heavy atom. The van der Waals surface area contributed by atoms with Gasteiger partial charge in [-0.1, -0.05) is 0 Å². The van der Waals surface area contributed by atoms with Crippen LogP contribution in [0.5, 0.6) is 0 Å². The maximum atomic E-state index is 4.67. The first-order valence-corrected chi connectivity index (χ1v) is 7.49. The second kappa shape index (κ2) is 4.89. The second-order valence-corrected chi connectivity index (χ2v) is 5.92. The van der Waals surface area contributed by atoms with Gasteiger partial charge >= 0.3 is 0 Å². The summed E-state index contributed by atoms with van der Waals surface area (Å²) in [5.41, 5.74) is 1.56. The highest BCUT2D eigenvalue weighted by Gasteiger charge is 2.23. The largest absolute Gasteiger partial charge is 0.367 e. The van der Waals surface area contributed by atoms with Crippen molar-refractivity contribution >= 4 is 22.8 Å². The van der Waals surface area contributed by atoms with Crippen LogP contribution in [-0.4, -0.2) is 28.0 Å². The molecule has 0 radical (unpaired) electrons. The summed E-state index contributed by atoms with van der Waals surface area (Å²) in [5.74, 6) is 3.35. The fraction of sp³-hybridized carbons (Fsp3) is 0.533. The Balaban J connectivity index is 1.61. The van der Waals surface area contributed by atoms with Gasteiger partial charge in [0, 0.05) is 19.3 Å². The van der Waals surface area contributed by atoms with E-state index in [1.54, 1.807) is 6.20 Å². The van der Waals surface area contributed by atoms with Gasteiger partial charge < -0.3 is 10.6 Å². The molecular formula is C15H19N5. The first-order valence-electron chi connectivity index (χ1n) is 7.49. The van der Waals surface area contributed by atoms with Gasteiger partial charge in [0.25, 0.3) is 0 Å². The van der Waals surface area contributed by atoms with Crippen molar-refractivity contribution in [1.82, 2.24) is 15.0 Å². The first kappa shape index (κ1) is 11.9. The molecule has 2 saturated carbocycles. The molecule has 2 aromatic heterocycles. The average Bonchev–Trinajstić information content (AvgIpc) is 3.37. The number of hydrogen-bond donors (Lipinski definition) is 2. The van der Waals surface area contributed by atoms with Gasteiger partial charge in [-0.25, -0.2) is 15.0 Å². The predicted molar refractivity (Wildman–Crippen MR) is 79.8 cm³/mol. The Morgan fingerprint density at radius 3 is 2.25 bits per heavy atom. The van der Waals surface area contributed by atoms with E-state index in [4.69, 9.17) is 0 Å². The lowest BCUT2D eigenvalue weighted by Gasteiger charge is -2.12. The van der Waals surface area contributed by atoms with Crippen molar-refractivity contribution in [3.8, 4) is 0 Å². The predicted octanol–water partition coefficient (Wildman–Crippen LogP) is 2.67. The van der Waals surface area contributed by atoms with E-state index in [9.17, 15) is 0 Å². The lowest BCUT2D eigenvalue weighted by molar-refractivity contribution is 0.869. The molecule has 2 fully saturated rings. The molecule has 0 aliphatic heterocycles. The van der Waals surface area contributed by atoms with Crippen molar-refractivity contribution in [3.05, 3.63) is 18.3 Å². The third-order valence-corrected chi connectivity index (χ3v) is 3.95. The maximum absolute atomic E-state index is 4.67. The third-order valence-electron chi connectivity index (χ3n) is 3.95. The highest BCUT2D eigenvalue weighted by atomic mass is 15.1. The Morgan fingerprint density at radius 1 is 0.950 bits per heavy atom. The van der Waals surface area contributed by atoms with Gasteiger partial charge in [-0.15, -0.1) is 0 Å². The van der Waals surface area contributed by atoms with Crippen molar-refractivity contribution in [1.29, 1.82) is 0 Å².